The normalized spacial score (nSPS) is 18.1. The van der Waals surface area contributed by atoms with Crippen LogP contribution in [-0.2, 0) is 25.9 Å². The molecule has 7 heteroatoms. The molecule has 1 atom stereocenters. The topological polar surface area (TPSA) is 82.6 Å². The number of aromatic nitrogens is 2. The summed E-state index contributed by atoms with van der Waals surface area (Å²) in [6, 6.07) is 5.98. The van der Waals surface area contributed by atoms with Gasteiger partial charge in [0.25, 0.3) is 0 Å². The predicted molar refractivity (Wildman–Crippen MR) is 125 cm³/mol. The van der Waals surface area contributed by atoms with Crippen molar-refractivity contribution in [1.29, 1.82) is 0 Å². The lowest BCUT2D eigenvalue weighted by molar-refractivity contribution is 0.0645. The van der Waals surface area contributed by atoms with E-state index in [0.29, 0.717) is 18.0 Å². The fourth-order valence-electron chi connectivity index (χ4n) is 4.83. The van der Waals surface area contributed by atoms with E-state index >= 15 is 0 Å². The van der Waals surface area contributed by atoms with E-state index in [1.54, 1.807) is 7.11 Å². The second-order valence-electron chi connectivity index (χ2n) is 9.10. The molecule has 1 aromatic carbocycles. The van der Waals surface area contributed by atoms with E-state index < -0.39 is 6.10 Å². The Morgan fingerprint density at radius 2 is 1.88 bits per heavy atom. The van der Waals surface area contributed by atoms with Crippen LogP contribution in [0.5, 0.6) is 11.5 Å². The quantitative estimate of drug-likeness (QED) is 0.524. The first kappa shape index (κ1) is 23.1. The number of rotatable bonds is 10. The van der Waals surface area contributed by atoms with E-state index in [0.717, 1.165) is 50.3 Å². The third-order valence-corrected chi connectivity index (χ3v) is 6.59. The third kappa shape index (κ3) is 6.24. The number of H-pyrrole nitrogens is 1. The monoisotopic (exact) mass is 442 g/mol. The molecule has 32 heavy (non-hydrogen) atoms. The lowest BCUT2D eigenvalue weighted by Crippen LogP contribution is -2.37. The van der Waals surface area contributed by atoms with Crippen molar-refractivity contribution in [1.82, 2.24) is 20.4 Å². The van der Waals surface area contributed by atoms with E-state index in [9.17, 15) is 5.11 Å². The molecule has 0 spiro atoms. The number of benzene rings is 1. The molecular weight excluding hydrogens is 404 g/mol. The smallest absolute Gasteiger partial charge is 0.161 e. The minimum absolute atomic E-state index is 0.273. The average Bonchev–Trinajstić information content (AvgIpc) is 3.39. The number of nitrogens with one attached hydrogen (secondary N) is 2. The fourth-order valence-corrected chi connectivity index (χ4v) is 4.83. The summed E-state index contributed by atoms with van der Waals surface area (Å²) in [5, 5.41) is 21.6. The van der Waals surface area contributed by atoms with Crippen molar-refractivity contribution >= 4 is 0 Å². The van der Waals surface area contributed by atoms with Gasteiger partial charge in [0, 0.05) is 25.3 Å². The second kappa shape index (κ2) is 11.7. The van der Waals surface area contributed by atoms with Gasteiger partial charge in [-0.3, -0.25) is 5.10 Å². The molecule has 0 amide bonds. The number of aliphatic hydroxyl groups is 1. The fraction of sp³-hybridized carbons (Fsp3) is 0.640. The van der Waals surface area contributed by atoms with Crippen molar-refractivity contribution < 1.29 is 14.6 Å². The zero-order valence-electron chi connectivity index (χ0n) is 19.4. The Kier molecular flexibility index (Phi) is 8.42. The molecule has 4 rings (SSSR count). The van der Waals surface area contributed by atoms with Crippen LogP contribution in [0.1, 0.15) is 61.0 Å². The predicted octanol–water partition coefficient (Wildman–Crippen LogP) is 3.20. The Morgan fingerprint density at radius 1 is 1.06 bits per heavy atom. The van der Waals surface area contributed by atoms with Crippen LogP contribution in [0.25, 0.3) is 0 Å². The van der Waals surface area contributed by atoms with Gasteiger partial charge in [-0.1, -0.05) is 25.3 Å². The van der Waals surface area contributed by atoms with Gasteiger partial charge in [-0.2, -0.15) is 5.10 Å². The minimum atomic E-state index is -0.504. The largest absolute Gasteiger partial charge is 0.493 e. The summed E-state index contributed by atoms with van der Waals surface area (Å²) in [6.07, 6.45) is 9.35. The van der Waals surface area contributed by atoms with Gasteiger partial charge in [-0.25, -0.2) is 0 Å². The summed E-state index contributed by atoms with van der Waals surface area (Å²) in [5.74, 6) is 1.37. The lowest BCUT2D eigenvalue weighted by Gasteiger charge is -2.26. The Labute approximate surface area is 191 Å². The number of aliphatic hydroxyl groups excluding tert-OH is 1. The zero-order chi connectivity index (χ0) is 22.2. The van der Waals surface area contributed by atoms with Gasteiger partial charge in [0.05, 0.1) is 12.8 Å². The molecular formula is C25H38N4O3. The number of likely N-dealkylation sites (tertiary alicyclic amines) is 1. The number of methoxy groups -OCH3 is 1. The number of β-amino-alcohol motifs (C(OH)–C–C–N with tert-alkyl or cyclic N) is 1. The number of fused-ring (bicyclic) bond motifs is 1. The minimum Gasteiger partial charge on any atom is -0.493 e. The molecule has 2 aliphatic rings. The molecule has 2 aromatic rings. The standard InChI is InChI=1S/C25H38N4O3/c1-31-25-14-19(15-26-16-23-21-8-7-9-22(21)27-28-23)10-11-24(25)32-18-20(30)17-29-12-5-3-2-4-6-13-29/h10-11,14,20,26,30H,2-9,12-13,15-18H2,1H3,(H,27,28). The first-order chi connectivity index (χ1) is 15.7. The summed E-state index contributed by atoms with van der Waals surface area (Å²) >= 11 is 0. The van der Waals surface area contributed by atoms with Crippen molar-refractivity contribution in [3.05, 3.63) is 40.7 Å². The van der Waals surface area contributed by atoms with E-state index in [4.69, 9.17) is 9.47 Å². The van der Waals surface area contributed by atoms with Crippen LogP contribution in [0.2, 0.25) is 0 Å². The van der Waals surface area contributed by atoms with Crippen molar-refractivity contribution in [3.8, 4) is 11.5 Å². The summed E-state index contributed by atoms with van der Waals surface area (Å²) in [7, 11) is 1.66. The van der Waals surface area contributed by atoms with E-state index in [1.807, 2.05) is 18.2 Å². The number of ether oxygens (including phenoxy) is 2. The number of nitrogens with zero attached hydrogens (tertiary/aromatic N) is 2. The van der Waals surface area contributed by atoms with Gasteiger partial charge in [0.2, 0.25) is 0 Å². The molecule has 1 fully saturated rings. The summed E-state index contributed by atoms with van der Waals surface area (Å²) in [6.45, 7) is 4.58. The molecule has 1 aliphatic heterocycles. The average molecular weight is 443 g/mol. The molecule has 1 unspecified atom stereocenters. The first-order valence-corrected chi connectivity index (χ1v) is 12.2. The maximum Gasteiger partial charge on any atom is 0.161 e. The number of hydrogen-bond acceptors (Lipinski definition) is 6. The van der Waals surface area contributed by atoms with Gasteiger partial charge in [-0.15, -0.1) is 0 Å². The Bertz CT molecular complexity index is 846. The van der Waals surface area contributed by atoms with Crippen molar-refractivity contribution in [3.63, 3.8) is 0 Å². The summed E-state index contributed by atoms with van der Waals surface area (Å²) < 4.78 is 11.5. The Morgan fingerprint density at radius 3 is 2.69 bits per heavy atom. The molecule has 2 heterocycles. The van der Waals surface area contributed by atoms with E-state index in [-0.39, 0.29) is 6.61 Å². The van der Waals surface area contributed by atoms with Gasteiger partial charge in [0.15, 0.2) is 11.5 Å². The van der Waals surface area contributed by atoms with Gasteiger partial charge in [0.1, 0.15) is 12.7 Å². The van der Waals surface area contributed by atoms with Crippen LogP contribution >= 0.6 is 0 Å². The van der Waals surface area contributed by atoms with Crippen molar-refractivity contribution in [2.24, 2.45) is 0 Å². The van der Waals surface area contributed by atoms with Crippen LogP contribution in [0.4, 0.5) is 0 Å². The first-order valence-electron chi connectivity index (χ1n) is 12.2. The molecule has 3 N–H and O–H groups in total. The van der Waals surface area contributed by atoms with Gasteiger partial charge >= 0.3 is 0 Å². The molecule has 176 valence electrons. The number of aryl methyl sites for hydroxylation is 1. The molecule has 0 saturated carbocycles. The van der Waals surface area contributed by atoms with Crippen LogP contribution in [0.15, 0.2) is 18.2 Å². The maximum absolute atomic E-state index is 10.5. The van der Waals surface area contributed by atoms with Crippen LogP contribution in [-0.4, -0.2) is 59.7 Å². The molecule has 1 saturated heterocycles. The zero-order valence-corrected chi connectivity index (χ0v) is 19.4. The van der Waals surface area contributed by atoms with E-state index in [2.05, 4.69) is 20.4 Å². The second-order valence-corrected chi connectivity index (χ2v) is 9.10. The van der Waals surface area contributed by atoms with Crippen LogP contribution in [0.3, 0.4) is 0 Å². The van der Waals surface area contributed by atoms with E-state index in [1.165, 1.54) is 49.8 Å². The Balaban J connectivity index is 1.24. The molecule has 7 nitrogen and oxygen atoms in total. The van der Waals surface area contributed by atoms with Crippen molar-refractivity contribution in [2.45, 2.75) is 70.6 Å². The lowest BCUT2D eigenvalue weighted by atomic mass is 10.1. The number of hydrogen-bond donors (Lipinski definition) is 3. The number of aromatic amines is 1. The Hall–Kier alpha value is -2.09. The van der Waals surface area contributed by atoms with Crippen LogP contribution in [0, 0.1) is 0 Å². The third-order valence-electron chi connectivity index (χ3n) is 6.59. The molecule has 1 aromatic heterocycles. The highest BCUT2D eigenvalue weighted by Gasteiger charge is 2.18. The van der Waals surface area contributed by atoms with Gasteiger partial charge < -0.3 is 24.8 Å². The summed E-state index contributed by atoms with van der Waals surface area (Å²) in [5.41, 5.74) is 4.97. The van der Waals surface area contributed by atoms with Crippen molar-refractivity contribution in [2.75, 3.05) is 33.4 Å². The molecule has 1 aliphatic carbocycles. The summed E-state index contributed by atoms with van der Waals surface area (Å²) in [4.78, 5) is 2.37. The molecule has 0 radical (unpaired) electrons. The molecule has 0 bridgehead atoms. The highest BCUT2D eigenvalue weighted by atomic mass is 16.5. The highest BCUT2D eigenvalue weighted by molar-refractivity contribution is 5.43. The maximum atomic E-state index is 10.5. The van der Waals surface area contributed by atoms with Crippen LogP contribution < -0.4 is 14.8 Å². The SMILES string of the molecule is COc1cc(CNCc2n[nH]c3c2CCC3)ccc1OCC(O)CN1CCCCCCC1. The van der Waals surface area contributed by atoms with Gasteiger partial charge in [-0.05, 0) is 68.5 Å². The highest BCUT2D eigenvalue weighted by Crippen LogP contribution is 2.28.